The molecule has 2 N–H and O–H groups in total. The van der Waals surface area contributed by atoms with Crippen molar-refractivity contribution < 1.29 is 9.90 Å². The van der Waals surface area contributed by atoms with E-state index in [9.17, 15) is 4.79 Å². The maximum atomic E-state index is 11.1. The summed E-state index contributed by atoms with van der Waals surface area (Å²) in [7, 11) is 0. The summed E-state index contributed by atoms with van der Waals surface area (Å²) in [5, 5.41) is 11.2. The van der Waals surface area contributed by atoms with Crippen LogP contribution in [0.25, 0.3) is 0 Å². The zero-order valence-corrected chi connectivity index (χ0v) is 7.22. The van der Waals surface area contributed by atoms with E-state index in [-0.39, 0.29) is 18.6 Å². The Balaban J connectivity index is 3.88. The highest BCUT2D eigenvalue weighted by Crippen LogP contribution is 1.92. The molecule has 0 aromatic heterocycles. The summed E-state index contributed by atoms with van der Waals surface area (Å²) in [4.78, 5) is 11.1. The third-order valence-corrected chi connectivity index (χ3v) is 1.44. The fourth-order valence-electron chi connectivity index (χ4n) is 0.514. The van der Waals surface area contributed by atoms with Crippen LogP contribution in [-0.2, 0) is 4.79 Å². The first kappa shape index (κ1) is 10.2. The van der Waals surface area contributed by atoms with Crippen LogP contribution >= 0.6 is 0 Å². The van der Waals surface area contributed by atoms with E-state index in [4.69, 9.17) is 5.11 Å². The summed E-state index contributed by atoms with van der Waals surface area (Å²) >= 11 is 0. The van der Waals surface area contributed by atoms with Gasteiger partial charge in [0.2, 0.25) is 5.91 Å². The second kappa shape index (κ2) is 4.91. The van der Waals surface area contributed by atoms with Gasteiger partial charge in [0.05, 0.1) is 6.61 Å². The van der Waals surface area contributed by atoms with Gasteiger partial charge in [0.25, 0.3) is 0 Å². The third-order valence-electron chi connectivity index (χ3n) is 1.44. The molecule has 0 aromatic carbocycles. The van der Waals surface area contributed by atoms with Crippen LogP contribution in [0.4, 0.5) is 0 Å². The zero-order valence-electron chi connectivity index (χ0n) is 7.22. The Hall–Kier alpha value is -0.830. The zero-order chi connectivity index (χ0) is 8.85. The minimum atomic E-state index is -0.169. The second-order valence-corrected chi connectivity index (χ2v) is 2.53. The van der Waals surface area contributed by atoms with Gasteiger partial charge in [-0.15, -0.1) is 0 Å². The van der Waals surface area contributed by atoms with Crippen molar-refractivity contribution >= 4 is 5.91 Å². The standard InChI is InChI=1S/C8H15NO2/c1-4-6(2)8(11)9-7(3)5-10/h4,7,10H,5H2,1-3H3,(H,9,11)/b6-4-. The maximum absolute atomic E-state index is 11.1. The van der Waals surface area contributed by atoms with Gasteiger partial charge in [0.15, 0.2) is 0 Å². The molecule has 3 nitrogen and oxygen atoms in total. The van der Waals surface area contributed by atoms with Crippen LogP contribution in [0.5, 0.6) is 0 Å². The molecule has 0 aromatic rings. The van der Waals surface area contributed by atoms with Gasteiger partial charge in [0, 0.05) is 11.6 Å². The lowest BCUT2D eigenvalue weighted by atomic mass is 10.2. The van der Waals surface area contributed by atoms with Crippen LogP contribution in [0, 0.1) is 0 Å². The van der Waals surface area contributed by atoms with Crippen LogP contribution < -0.4 is 5.32 Å². The molecular weight excluding hydrogens is 142 g/mol. The Bertz CT molecular complexity index is 163. The molecule has 3 heteroatoms. The van der Waals surface area contributed by atoms with E-state index < -0.39 is 0 Å². The summed E-state index contributed by atoms with van der Waals surface area (Å²) in [5.41, 5.74) is 0.672. The van der Waals surface area contributed by atoms with Gasteiger partial charge in [0.1, 0.15) is 0 Å². The Morgan fingerprint density at radius 3 is 2.64 bits per heavy atom. The molecule has 0 radical (unpaired) electrons. The summed E-state index contributed by atoms with van der Waals surface area (Å²) < 4.78 is 0. The van der Waals surface area contributed by atoms with Crippen LogP contribution in [0.3, 0.4) is 0 Å². The molecule has 0 saturated heterocycles. The van der Waals surface area contributed by atoms with Crippen molar-refractivity contribution in [1.82, 2.24) is 5.32 Å². The van der Waals surface area contributed by atoms with E-state index in [1.807, 2.05) is 0 Å². The van der Waals surface area contributed by atoms with Crippen LogP contribution in [0.2, 0.25) is 0 Å². The number of carbonyl (C=O) groups excluding carboxylic acids is 1. The predicted octanol–water partition coefficient (Wildman–Crippen LogP) is 0.450. The first-order valence-corrected chi connectivity index (χ1v) is 3.66. The quantitative estimate of drug-likeness (QED) is 0.584. The molecule has 0 aliphatic heterocycles. The maximum Gasteiger partial charge on any atom is 0.246 e. The van der Waals surface area contributed by atoms with E-state index in [0.29, 0.717) is 5.57 Å². The number of aliphatic hydroxyl groups is 1. The second-order valence-electron chi connectivity index (χ2n) is 2.53. The van der Waals surface area contributed by atoms with Crippen LogP contribution in [0.15, 0.2) is 11.6 Å². The molecule has 1 amide bonds. The number of hydrogen-bond acceptors (Lipinski definition) is 2. The number of nitrogens with one attached hydrogen (secondary N) is 1. The van der Waals surface area contributed by atoms with Crippen LogP contribution in [0.1, 0.15) is 20.8 Å². The smallest absolute Gasteiger partial charge is 0.246 e. The molecule has 0 bridgehead atoms. The van der Waals surface area contributed by atoms with Crippen molar-refractivity contribution in [2.45, 2.75) is 26.8 Å². The number of rotatable bonds is 3. The fourth-order valence-corrected chi connectivity index (χ4v) is 0.514. The minimum absolute atomic E-state index is 0.0251. The van der Waals surface area contributed by atoms with Crippen molar-refractivity contribution in [3.8, 4) is 0 Å². The highest BCUT2D eigenvalue weighted by molar-refractivity contribution is 5.92. The molecule has 0 heterocycles. The molecule has 0 spiro atoms. The molecule has 64 valence electrons. The van der Waals surface area contributed by atoms with E-state index in [0.717, 1.165) is 0 Å². The average molecular weight is 157 g/mol. The number of amides is 1. The Morgan fingerprint density at radius 2 is 2.27 bits per heavy atom. The summed E-state index contributed by atoms with van der Waals surface area (Å²) in [6, 6.07) is -0.169. The number of hydrogen-bond donors (Lipinski definition) is 2. The van der Waals surface area contributed by atoms with Gasteiger partial charge in [-0.1, -0.05) is 6.08 Å². The van der Waals surface area contributed by atoms with E-state index in [2.05, 4.69) is 5.32 Å². The highest BCUT2D eigenvalue weighted by atomic mass is 16.3. The Morgan fingerprint density at radius 1 is 1.73 bits per heavy atom. The average Bonchev–Trinajstić information content (AvgIpc) is 2.02. The molecule has 1 unspecified atom stereocenters. The number of aliphatic hydroxyl groups excluding tert-OH is 1. The first-order valence-electron chi connectivity index (χ1n) is 3.66. The summed E-state index contributed by atoms with van der Waals surface area (Å²) in [6.07, 6.45) is 1.74. The molecule has 11 heavy (non-hydrogen) atoms. The van der Waals surface area contributed by atoms with Crippen molar-refractivity contribution in [2.24, 2.45) is 0 Å². The highest BCUT2D eigenvalue weighted by Gasteiger charge is 2.05. The minimum Gasteiger partial charge on any atom is -0.394 e. The van der Waals surface area contributed by atoms with E-state index in [1.165, 1.54) is 0 Å². The van der Waals surface area contributed by atoms with Crippen LogP contribution in [-0.4, -0.2) is 23.7 Å². The lowest BCUT2D eigenvalue weighted by molar-refractivity contribution is -0.118. The number of allylic oxidation sites excluding steroid dienone is 1. The van der Waals surface area contributed by atoms with Gasteiger partial charge < -0.3 is 10.4 Å². The monoisotopic (exact) mass is 157 g/mol. The van der Waals surface area contributed by atoms with Gasteiger partial charge in [-0.05, 0) is 20.8 Å². The molecule has 0 saturated carbocycles. The third kappa shape index (κ3) is 3.78. The van der Waals surface area contributed by atoms with Gasteiger partial charge in [-0.25, -0.2) is 0 Å². The SMILES string of the molecule is C/C=C(/C)C(=O)NC(C)CO. The van der Waals surface area contributed by atoms with Crippen molar-refractivity contribution in [1.29, 1.82) is 0 Å². The van der Waals surface area contributed by atoms with Crippen molar-refractivity contribution in [3.63, 3.8) is 0 Å². The molecule has 0 rings (SSSR count). The summed E-state index contributed by atoms with van der Waals surface area (Å²) in [5.74, 6) is -0.117. The first-order chi connectivity index (χ1) is 5.11. The van der Waals surface area contributed by atoms with Gasteiger partial charge in [-0.3, -0.25) is 4.79 Å². The Kier molecular flexibility index (Phi) is 4.54. The molecule has 1 atom stereocenters. The Labute approximate surface area is 67.1 Å². The van der Waals surface area contributed by atoms with Gasteiger partial charge in [-0.2, -0.15) is 0 Å². The normalized spacial score (nSPS) is 14.4. The largest absolute Gasteiger partial charge is 0.394 e. The van der Waals surface area contributed by atoms with E-state index >= 15 is 0 Å². The van der Waals surface area contributed by atoms with E-state index in [1.54, 1.807) is 26.8 Å². The lowest BCUT2D eigenvalue weighted by Crippen LogP contribution is -2.35. The predicted molar refractivity (Wildman–Crippen MR) is 44.1 cm³/mol. The molecular formula is C8H15NO2. The molecule has 0 fully saturated rings. The molecule has 0 aliphatic carbocycles. The van der Waals surface area contributed by atoms with Gasteiger partial charge >= 0.3 is 0 Å². The fraction of sp³-hybridized carbons (Fsp3) is 0.625. The van der Waals surface area contributed by atoms with Crippen molar-refractivity contribution in [3.05, 3.63) is 11.6 Å². The number of carbonyl (C=O) groups is 1. The lowest BCUT2D eigenvalue weighted by Gasteiger charge is -2.10. The van der Waals surface area contributed by atoms with Crippen molar-refractivity contribution in [2.75, 3.05) is 6.61 Å². The summed E-state index contributed by atoms with van der Waals surface area (Å²) in [6.45, 7) is 5.27. The molecule has 0 aliphatic rings. The topological polar surface area (TPSA) is 49.3 Å².